The molecule has 0 saturated carbocycles. The third kappa shape index (κ3) is 4.52. The van der Waals surface area contributed by atoms with E-state index in [0.29, 0.717) is 24.6 Å². The van der Waals surface area contributed by atoms with Crippen LogP contribution in [0.2, 0.25) is 0 Å². The molecule has 0 fully saturated rings. The predicted octanol–water partition coefficient (Wildman–Crippen LogP) is 4.18. The van der Waals surface area contributed by atoms with Crippen LogP contribution in [-0.2, 0) is 6.54 Å². The largest absolute Gasteiger partial charge is 0.492 e. The Hall–Kier alpha value is -3.87. The number of aryl methyl sites for hydroxylation is 1. The molecule has 29 heavy (non-hydrogen) atoms. The van der Waals surface area contributed by atoms with Gasteiger partial charge in [0.25, 0.3) is 5.91 Å². The second-order valence-corrected chi connectivity index (χ2v) is 6.51. The second-order valence-electron chi connectivity index (χ2n) is 6.51. The first-order chi connectivity index (χ1) is 14.2. The highest BCUT2D eigenvalue weighted by Crippen LogP contribution is 2.24. The molecule has 0 saturated heterocycles. The molecule has 1 N–H and O–H groups in total. The highest BCUT2D eigenvalue weighted by atomic mass is 16.5. The smallest absolute Gasteiger partial charge is 0.278 e. The minimum absolute atomic E-state index is 0.232. The number of benzene rings is 2. The van der Waals surface area contributed by atoms with Gasteiger partial charge >= 0.3 is 0 Å². The number of hydrogen-bond acceptors (Lipinski definition) is 5. The van der Waals surface area contributed by atoms with Gasteiger partial charge in [0.05, 0.1) is 18.4 Å². The number of aromatic nitrogens is 3. The highest BCUT2D eigenvalue weighted by Gasteiger charge is 2.19. The van der Waals surface area contributed by atoms with Gasteiger partial charge < -0.3 is 14.5 Å². The summed E-state index contributed by atoms with van der Waals surface area (Å²) in [5.74, 6) is 0.896. The Balaban J connectivity index is 1.38. The Morgan fingerprint density at radius 2 is 2.03 bits per heavy atom. The van der Waals surface area contributed by atoms with Crippen LogP contribution in [0.15, 0.2) is 77.8 Å². The summed E-state index contributed by atoms with van der Waals surface area (Å²) < 4.78 is 12.8. The molecular weight excluding hydrogens is 368 g/mol. The lowest BCUT2D eigenvalue weighted by molar-refractivity contribution is 0.102. The summed E-state index contributed by atoms with van der Waals surface area (Å²) in [6.45, 7) is 3.01. The average Bonchev–Trinajstić information content (AvgIpc) is 3.38. The summed E-state index contributed by atoms with van der Waals surface area (Å²) in [6, 6.07) is 17.3. The second kappa shape index (κ2) is 8.43. The maximum Gasteiger partial charge on any atom is 0.278 e. The van der Waals surface area contributed by atoms with Crippen LogP contribution < -0.4 is 10.1 Å². The molecule has 0 atom stereocenters. The first-order valence-corrected chi connectivity index (χ1v) is 9.21. The number of nitrogens with zero attached hydrogens (tertiary/aromatic N) is 3. The molecule has 4 rings (SSSR count). The van der Waals surface area contributed by atoms with E-state index in [-0.39, 0.29) is 11.6 Å². The summed E-state index contributed by atoms with van der Waals surface area (Å²) in [6.07, 6.45) is 4.61. The fourth-order valence-electron chi connectivity index (χ4n) is 2.91. The molecule has 0 unspecified atom stereocenters. The van der Waals surface area contributed by atoms with Crippen LogP contribution in [-0.4, -0.2) is 27.3 Å². The quantitative estimate of drug-likeness (QED) is 0.514. The van der Waals surface area contributed by atoms with Gasteiger partial charge in [-0.3, -0.25) is 9.48 Å². The van der Waals surface area contributed by atoms with Crippen LogP contribution in [0.3, 0.4) is 0 Å². The van der Waals surface area contributed by atoms with Gasteiger partial charge in [0.2, 0.25) is 0 Å². The Kier molecular flexibility index (Phi) is 5.38. The van der Waals surface area contributed by atoms with Gasteiger partial charge in [0.1, 0.15) is 12.4 Å². The first kappa shape index (κ1) is 18.5. The van der Waals surface area contributed by atoms with Crippen molar-refractivity contribution in [2.45, 2.75) is 13.5 Å². The van der Waals surface area contributed by atoms with Gasteiger partial charge in [-0.05, 0) is 25.1 Å². The monoisotopic (exact) mass is 388 g/mol. The maximum absolute atomic E-state index is 12.7. The van der Waals surface area contributed by atoms with Crippen molar-refractivity contribution in [1.82, 2.24) is 14.8 Å². The van der Waals surface area contributed by atoms with Crippen molar-refractivity contribution < 1.29 is 13.9 Å². The Labute approximate surface area is 168 Å². The Morgan fingerprint density at radius 1 is 1.17 bits per heavy atom. The zero-order valence-corrected chi connectivity index (χ0v) is 15.9. The Morgan fingerprint density at radius 3 is 2.86 bits per heavy atom. The molecule has 0 aliphatic heterocycles. The van der Waals surface area contributed by atoms with Crippen molar-refractivity contribution in [2.75, 3.05) is 11.9 Å². The number of rotatable bonds is 7. The van der Waals surface area contributed by atoms with E-state index in [1.165, 1.54) is 6.39 Å². The van der Waals surface area contributed by atoms with E-state index in [1.54, 1.807) is 17.1 Å². The van der Waals surface area contributed by atoms with E-state index in [2.05, 4.69) is 15.4 Å². The van der Waals surface area contributed by atoms with Crippen LogP contribution in [0.1, 0.15) is 16.1 Å². The van der Waals surface area contributed by atoms with Crippen molar-refractivity contribution in [3.05, 3.63) is 84.6 Å². The molecule has 0 aliphatic rings. The van der Waals surface area contributed by atoms with Crippen molar-refractivity contribution >= 4 is 11.6 Å². The number of carbonyl (C=O) groups is 1. The number of amides is 1. The number of para-hydroxylation sites is 1. The predicted molar refractivity (Wildman–Crippen MR) is 109 cm³/mol. The van der Waals surface area contributed by atoms with Gasteiger partial charge in [-0.1, -0.05) is 42.0 Å². The first-order valence-electron chi connectivity index (χ1n) is 9.21. The molecule has 7 nitrogen and oxygen atoms in total. The van der Waals surface area contributed by atoms with E-state index < -0.39 is 0 Å². The molecule has 0 aliphatic carbocycles. The number of anilines is 1. The normalized spacial score (nSPS) is 10.7. The molecule has 2 aromatic carbocycles. The van der Waals surface area contributed by atoms with Gasteiger partial charge in [-0.25, -0.2) is 4.98 Å². The minimum Gasteiger partial charge on any atom is -0.492 e. The van der Waals surface area contributed by atoms with Gasteiger partial charge in [-0.15, -0.1) is 0 Å². The number of oxazole rings is 1. The van der Waals surface area contributed by atoms with E-state index >= 15 is 0 Å². The third-order valence-corrected chi connectivity index (χ3v) is 4.29. The van der Waals surface area contributed by atoms with Crippen LogP contribution in [0.25, 0.3) is 11.3 Å². The fraction of sp³-hybridized carbons (Fsp3) is 0.136. The van der Waals surface area contributed by atoms with Crippen LogP contribution in [0.4, 0.5) is 5.69 Å². The molecule has 146 valence electrons. The molecule has 2 aromatic heterocycles. The van der Waals surface area contributed by atoms with Crippen molar-refractivity contribution in [3.8, 4) is 17.1 Å². The zero-order chi connectivity index (χ0) is 20.1. The number of nitrogens with one attached hydrogen (secondary N) is 1. The number of hydrogen-bond donors (Lipinski definition) is 1. The standard InChI is InChI=1S/C22H20N4O3/c1-16-6-5-7-17(12-16)21-20(23-15-29-21)22(27)25-18-13-24-26(14-18)10-11-28-19-8-3-2-4-9-19/h2-9,12-15H,10-11H2,1H3,(H,25,27). The summed E-state index contributed by atoms with van der Waals surface area (Å²) in [5.41, 5.74) is 2.69. The lowest BCUT2D eigenvalue weighted by atomic mass is 10.1. The van der Waals surface area contributed by atoms with E-state index in [1.807, 2.05) is 61.5 Å². The van der Waals surface area contributed by atoms with Crippen molar-refractivity contribution in [2.24, 2.45) is 0 Å². The van der Waals surface area contributed by atoms with Gasteiger partial charge in [0, 0.05) is 11.8 Å². The molecule has 4 aromatic rings. The number of ether oxygens (including phenoxy) is 1. The summed E-state index contributed by atoms with van der Waals surface area (Å²) in [5, 5.41) is 7.06. The average molecular weight is 388 g/mol. The fourth-order valence-corrected chi connectivity index (χ4v) is 2.91. The number of carbonyl (C=O) groups excluding carboxylic acids is 1. The maximum atomic E-state index is 12.7. The lowest BCUT2D eigenvalue weighted by Crippen LogP contribution is -2.13. The van der Waals surface area contributed by atoms with Crippen LogP contribution >= 0.6 is 0 Å². The molecule has 0 radical (unpaired) electrons. The minimum atomic E-state index is -0.352. The molecule has 1 amide bonds. The molecule has 2 heterocycles. The highest BCUT2D eigenvalue weighted by molar-refractivity contribution is 6.06. The molecular formula is C22H20N4O3. The molecule has 7 heteroatoms. The van der Waals surface area contributed by atoms with Crippen LogP contribution in [0.5, 0.6) is 5.75 Å². The summed E-state index contributed by atoms with van der Waals surface area (Å²) in [7, 11) is 0. The Bertz CT molecular complexity index is 1100. The van der Waals surface area contributed by atoms with E-state index in [4.69, 9.17) is 9.15 Å². The summed E-state index contributed by atoms with van der Waals surface area (Å²) in [4.78, 5) is 16.7. The molecule has 0 bridgehead atoms. The van der Waals surface area contributed by atoms with Crippen molar-refractivity contribution in [3.63, 3.8) is 0 Å². The van der Waals surface area contributed by atoms with E-state index in [9.17, 15) is 4.79 Å². The van der Waals surface area contributed by atoms with Crippen molar-refractivity contribution in [1.29, 1.82) is 0 Å². The lowest BCUT2D eigenvalue weighted by Gasteiger charge is -2.05. The van der Waals surface area contributed by atoms with E-state index in [0.717, 1.165) is 16.9 Å². The SMILES string of the molecule is Cc1cccc(-c2ocnc2C(=O)Nc2cnn(CCOc3ccccc3)c2)c1. The van der Waals surface area contributed by atoms with Gasteiger partial charge in [-0.2, -0.15) is 5.10 Å². The topological polar surface area (TPSA) is 82.2 Å². The van der Waals surface area contributed by atoms with Crippen LogP contribution in [0, 0.1) is 6.92 Å². The third-order valence-electron chi connectivity index (χ3n) is 4.29. The summed E-state index contributed by atoms with van der Waals surface area (Å²) >= 11 is 0. The zero-order valence-electron chi connectivity index (χ0n) is 15.9. The van der Waals surface area contributed by atoms with Gasteiger partial charge in [0.15, 0.2) is 17.8 Å². The molecule has 0 spiro atoms.